The van der Waals surface area contributed by atoms with Crippen molar-refractivity contribution in [1.29, 1.82) is 0 Å². The molecule has 0 aromatic heterocycles. The first-order valence-corrected chi connectivity index (χ1v) is 13.2. The Labute approximate surface area is 230 Å². The third kappa shape index (κ3) is 2.24. The minimum absolute atomic E-state index is 0.00483. The van der Waals surface area contributed by atoms with Gasteiger partial charge in [-0.3, -0.25) is 14.4 Å². The molecule has 0 aromatic carbocycles. The van der Waals surface area contributed by atoms with Crippen molar-refractivity contribution in [1.82, 2.24) is 0 Å². The zero-order valence-corrected chi connectivity index (χ0v) is 23.5. The molecule has 0 aromatic rings. The van der Waals surface area contributed by atoms with Crippen molar-refractivity contribution < 1.29 is 52.4 Å². The first-order chi connectivity index (χ1) is 18.4. The lowest BCUT2D eigenvalue weighted by Crippen LogP contribution is -2.82. The highest BCUT2D eigenvalue weighted by atomic mass is 16.7. The number of hydrogen-bond acceptors (Lipinski definition) is 11. The molecule has 6 rings (SSSR count). The molecule has 4 aliphatic heterocycles. The maximum atomic E-state index is 14.2. The Morgan fingerprint density at radius 1 is 0.925 bits per heavy atom. The fourth-order valence-corrected chi connectivity index (χ4v) is 9.09. The molecule has 40 heavy (non-hydrogen) atoms. The van der Waals surface area contributed by atoms with Crippen molar-refractivity contribution in [2.75, 3.05) is 0 Å². The van der Waals surface area contributed by atoms with Crippen molar-refractivity contribution >= 4 is 29.8 Å². The molecule has 9 atom stereocenters. The molecule has 3 bridgehead atoms. The van der Waals surface area contributed by atoms with Crippen LogP contribution in [0.4, 0.5) is 0 Å². The van der Waals surface area contributed by atoms with Crippen molar-refractivity contribution in [2.24, 2.45) is 16.2 Å². The first kappa shape index (κ1) is 26.7. The normalized spacial score (nSPS) is 49.2. The van der Waals surface area contributed by atoms with Gasteiger partial charge >= 0.3 is 29.8 Å². The van der Waals surface area contributed by atoms with E-state index in [0.29, 0.717) is 0 Å². The Balaban J connectivity index is 1.80. The quantitative estimate of drug-likeness (QED) is 0.280. The van der Waals surface area contributed by atoms with E-state index in [0.717, 1.165) is 0 Å². The van der Waals surface area contributed by atoms with Gasteiger partial charge in [0.05, 0.1) is 10.8 Å². The summed E-state index contributed by atoms with van der Waals surface area (Å²) in [6, 6.07) is 0. The summed E-state index contributed by atoms with van der Waals surface area (Å²) in [5.74, 6) is -3.65. The van der Waals surface area contributed by atoms with Crippen LogP contribution in [0, 0.1) is 16.2 Å². The number of esters is 5. The van der Waals surface area contributed by atoms with Crippen LogP contribution in [0.15, 0.2) is 36.5 Å². The number of fused-ring (bicyclic) bond motifs is 1. The average molecular weight is 557 g/mol. The van der Waals surface area contributed by atoms with Gasteiger partial charge in [0, 0.05) is 26.3 Å². The monoisotopic (exact) mass is 556 g/mol. The van der Waals surface area contributed by atoms with E-state index in [9.17, 15) is 24.0 Å². The van der Waals surface area contributed by atoms with Crippen molar-refractivity contribution in [2.45, 2.75) is 95.6 Å². The van der Waals surface area contributed by atoms with Crippen LogP contribution in [0.1, 0.15) is 54.9 Å². The van der Waals surface area contributed by atoms with Crippen molar-refractivity contribution in [3.8, 4) is 0 Å². The third-order valence-electron chi connectivity index (χ3n) is 10.8. The van der Waals surface area contributed by atoms with Crippen LogP contribution in [0.5, 0.6) is 0 Å². The lowest BCUT2D eigenvalue weighted by molar-refractivity contribution is -0.265. The van der Waals surface area contributed by atoms with Gasteiger partial charge in [0.2, 0.25) is 5.60 Å². The van der Waals surface area contributed by atoms with E-state index in [1.807, 2.05) is 0 Å². The van der Waals surface area contributed by atoms with E-state index in [1.165, 1.54) is 33.8 Å². The van der Waals surface area contributed by atoms with Gasteiger partial charge in [-0.05, 0) is 38.8 Å². The van der Waals surface area contributed by atoms with Crippen molar-refractivity contribution in [3.05, 3.63) is 36.5 Å². The molecule has 2 spiro atoms. The zero-order valence-electron chi connectivity index (χ0n) is 23.5. The highest BCUT2D eigenvalue weighted by Gasteiger charge is 3.01. The Morgan fingerprint density at radius 2 is 1.55 bits per heavy atom. The number of hydrogen-bond donors (Lipinski definition) is 0. The summed E-state index contributed by atoms with van der Waals surface area (Å²) in [5, 5.41) is 0. The highest BCUT2D eigenvalue weighted by Crippen LogP contribution is 2.84. The predicted molar refractivity (Wildman–Crippen MR) is 133 cm³/mol. The number of rotatable bonds is 2. The summed E-state index contributed by atoms with van der Waals surface area (Å²) in [6.45, 7) is 19.2. The Hall–Kier alpha value is -3.47. The Morgan fingerprint density at radius 3 is 2.12 bits per heavy atom. The highest BCUT2D eigenvalue weighted by molar-refractivity contribution is 6.03. The van der Waals surface area contributed by atoms with E-state index in [4.69, 9.17) is 28.4 Å². The summed E-state index contributed by atoms with van der Waals surface area (Å²) in [7, 11) is 0. The van der Waals surface area contributed by atoms with Crippen LogP contribution in [0.2, 0.25) is 0 Å². The lowest BCUT2D eigenvalue weighted by atomic mass is 9.34. The molecule has 0 amide bonds. The first-order valence-electron chi connectivity index (χ1n) is 13.2. The largest absolute Gasteiger partial charge is 0.462 e. The van der Waals surface area contributed by atoms with Gasteiger partial charge in [0.25, 0.3) is 0 Å². The second kappa shape index (κ2) is 7.05. The number of carbonyl (C=O) groups excluding carboxylic acids is 5. The SMILES string of the molecule is C=C1[C@@]23C(=O)O[C@H](C)[C@]24O[C@@]2(C(=C)[C@]5(C=CC(=O)OC5(C)C)C[C@@H](OC(C)=O)[C@]32C)[C@H](OC(C)=O)[C@@]1(C)OC4=O. The molecule has 6 aliphatic rings. The summed E-state index contributed by atoms with van der Waals surface area (Å²) in [6.07, 6.45) is -0.868. The fourth-order valence-electron chi connectivity index (χ4n) is 9.09. The number of carbonyl (C=O) groups is 5. The Bertz CT molecular complexity index is 1410. The maximum absolute atomic E-state index is 14.2. The van der Waals surface area contributed by atoms with Crippen LogP contribution in [-0.2, 0) is 52.4 Å². The second-order valence-corrected chi connectivity index (χ2v) is 12.6. The summed E-state index contributed by atoms with van der Waals surface area (Å²) in [5.41, 5.74) is -11.4. The smallest absolute Gasteiger partial charge is 0.345 e. The van der Waals surface area contributed by atoms with Gasteiger partial charge in [-0.15, -0.1) is 0 Å². The summed E-state index contributed by atoms with van der Waals surface area (Å²) in [4.78, 5) is 66.1. The predicted octanol–water partition coefficient (Wildman–Crippen LogP) is 2.02. The zero-order chi connectivity index (χ0) is 29.6. The minimum atomic E-state index is -2.07. The molecular formula is C29H32O11. The summed E-state index contributed by atoms with van der Waals surface area (Å²) >= 11 is 0. The number of ether oxygens (including phenoxy) is 6. The molecule has 0 radical (unpaired) electrons. The maximum Gasteiger partial charge on any atom is 0.345 e. The second-order valence-electron chi connectivity index (χ2n) is 12.6. The summed E-state index contributed by atoms with van der Waals surface area (Å²) < 4.78 is 36.5. The molecule has 0 N–H and O–H groups in total. The van der Waals surface area contributed by atoms with E-state index < -0.39 is 86.8 Å². The topological polar surface area (TPSA) is 141 Å². The fraction of sp³-hybridized carbons (Fsp3) is 0.621. The molecule has 2 saturated carbocycles. The standard InChI is InChI=1S/C29H32O11/c1-13-24(8)20(37-17(5)31)28-14(2)26(11-10-19(32)38-23(26,6)7)12-18(36-16(4)30)25(28,9)27(13)21(33)35-15(3)29(27,40-28)22(34)39-24/h10-11,15,18,20H,1-2,12H2,3-9H3/t15-,18-,20-,24+,25-,26+,27+,28+,29-/m1/s1. The van der Waals surface area contributed by atoms with Gasteiger partial charge in [0.15, 0.2) is 11.7 Å². The van der Waals surface area contributed by atoms with E-state index in [2.05, 4.69) is 13.2 Å². The Kier molecular flexibility index (Phi) is 4.71. The molecule has 214 valence electrons. The molecule has 0 unspecified atom stereocenters. The van der Waals surface area contributed by atoms with Gasteiger partial charge < -0.3 is 28.4 Å². The van der Waals surface area contributed by atoms with Crippen LogP contribution >= 0.6 is 0 Å². The molecular weight excluding hydrogens is 524 g/mol. The molecule has 2 aliphatic carbocycles. The van der Waals surface area contributed by atoms with E-state index >= 15 is 0 Å². The van der Waals surface area contributed by atoms with Gasteiger partial charge in [-0.2, -0.15) is 0 Å². The third-order valence-corrected chi connectivity index (χ3v) is 10.8. The molecule has 11 heteroatoms. The molecule has 5 fully saturated rings. The van der Waals surface area contributed by atoms with E-state index in [1.54, 1.807) is 26.8 Å². The van der Waals surface area contributed by atoms with Crippen LogP contribution < -0.4 is 0 Å². The van der Waals surface area contributed by atoms with Crippen LogP contribution in [-0.4, -0.2) is 70.6 Å². The van der Waals surface area contributed by atoms with Crippen LogP contribution in [0.3, 0.4) is 0 Å². The molecule has 4 heterocycles. The molecule has 3 saturated heterocycles. The van der Waals surface area contributed by atoms with Gasteiger partial charge in [0.1, 0.15) is 28.8 Å². The average Bonchev–Trinajstić information content (AvgIpc) is 3.14. The number of cyclic esters (lactones) is 2. The minimum Gasteiger partial charge on any atom is -0.462 e. The van der Waals surface area contributed by atoms with Crippen molar-refractivity contribution in [3.63, 3.8) is 0 Å². The van der Waals surface area contributed by atoms with E-state index in [-0.39, 0.29) is 17.6 Å². The van der Waals surface area contributed by atoms with Crippen LogP contribution in [0.25, 0.3) is 0 Å². The van der Waals surface area contributed by atoms with Gasteiger partial charge in [-0.25, -0.2) is 9.59 Å². The molecule has 11 nitrogen and oxygen atoms in total. The van der Waals surface area contributed by atoms with Gasteiger partial charge in [-0.1, -0.05) is 26.2 Å². The lowest BCUT2D eigenvalue weighted by Gasteiger charge is -2.69.